The average Bonchev–Trinajstić information content (AvgIpc) is 2.07. The molecule has 0 saturated heterocycles. The van der Waals surface area contributed by atoms with E-state index < -0.39 is 0 Å². The van der Waals surface area contributed by atoms with Crippen LogP contribution >= 0.6 is 12.4 Å². The van der Waals surface area contributed by atoms with Crippen LogP contribution in [0.25, 0.3) is 0 Å². The van der Waals surface area contributed by atoms with Crippen LogP contribution in [-0.2, 0) is 4.79 Å². The van der Waals surface area contributed by atoms with Gasteiger partial charge in [0.25, 0.3) is 0 Å². The lowest BCUT2D eigenvalue weighted by Gasteiger charge is -2.06. The van der Waals surface area contributed by atoms with Gasteiger partial charge in [0.1, 0.15) is 5.82 Å². The number of anilines is 1. The Morgan fingerprint density at radius 2 is 1.87 bits per heavy atom. The van der Waals surface area contributed by atoms with E-state index in [2.05, 4.69) is 5.32 Å². The minimum Gasteiger partial charge on any atom is -0.326 e. The predicted molar refractivity (Wildman–Crippen MR) is 61.7 cm³/mol. The van der Waals surface area contributed by atoms with Gasteiger partial charge in [-0.2, -0.15) is 0 Å². The Labute approximate surface area is 95.3 Å². The van der Waals surface area contributed by atoms with E-state index in [1.54, 1.807) is 12.1 Å². The minimum atomic E-state index is -0.299. The van der Waals surface area contributed by atoms with E-state index in [0.29, 0.717) is 18.0 Å². The second-order valence-corrected chi connectivity index (χ2v) is 3.65. The molecule has 1 aromatic rings. The van der Waals surface area contributed by atoms with E-state index >= 15 is 0 Å². The molecule has 2 nitrogen and oxygen atoms in total. The summed E-state index contributed by atoms with van der Waals surface area (Å²) in [6.45, 7) is 3.95. The fraction of sp³-hybridized carbons (Fsp3) is 0.364. The summed E-state index contributed by atoms with van der Waals surface area (Å²) in [7, 11) is 0. The number of benzene rings is 1. The van der Waals surface area contributed by atoms with Crippen molar-refractivity contribution < 1.29 is 9.18 Å². The molecule has 15 heavy (non-hydrogen) atoms. The Bertz CT molecular complexity index is 311. The summed E-state index contributed by atoms with van der Waals surface area (Å²) in [5, 5.41) is 2.69. The first kappa shape index (κ1) is 13.9. The largest absolute Gasteiger partial charge is 0.326 e. The molecule has 1 aromatic carbocycles. The zero-order chi connectivity index (χ0) is 10.6. The van der Waals surface area contributed by atoms with Crippen molar-refractivity contribution in [2.45, 2.75) is 20.3 Å². The lowest BCUT2D eigenvalue weighted by atomic mass is 10.1. The van der Waals surface area contributed by atoms with Gasteiger partial charge in [-0.25, -0.2) is 4.39 Å². The maximum Gasteiger partial charge on any atom is 0.224 e. The average molecular weight is 232 g/mol. The molecule has 0 heterocycles. The SMILES string of the molecule is CC(C)CC(=O)Nc1ccc(F)cc1.Cl. The van der Waals surface area contributed by atoms with Crippen molar-refractivity contribution in [1.29, 1.82) is 0 Å². The topological polar surface area (TPSA) is 29.1 Å². The van der Waals surface area contributed by atoms with Crippen LogP contribution in [0.1, 0.15) is 20.3 Å². The summed E-state index contributed by atoms with van der Waals surface area (Å²) in [6, 6.07) is 5.75. The van der Waals surface area contributed by atoms with Crippen LogP contribution in [0.2, 0.25) is 0 Å². The van der Waals surface area contributed by atoms with Crippen LogP contribution in [0, 0.1) is 11.7 Å². The number of halogens is 2. The van der Waals surface area contributed by atoms with Crippen molar-refractivity contribution in [2.75, 3.05) is 5.32 Å². The van der Waals surface area contributed by atoms with Gasteiger partial charge in [-0.3, -0.25) is 4.79 Å². The van der Waals surface area contributed by atoms with Gasteiger partial charge < -0.3 is 5.32 Å². The zero-order valence-corrected chi connectivity index (χ0v) is 9.60. The lowest BCUT2D eigenvalue weighted by Crippen LogP contribution is -2.13. The van der Waals surface area contributed by atoms with Crippen molar-refractivity contribution >= 4 is 24.0 Å². The van der Waals surface area contributed by atoms with Crippen LogP contribution < -0.4 is 5.32 Å². The highest BCUT2D eigenvalue weighted by Gasteiger charge is 2.04. The number of nitrogens with one attached hydrogen (secondary N) is 1. The highest BCUT2D eigenvalue weighted by molar-refractivity contribution is 5.90. The number of rotatable bonds is 3. The first-order valence-electron chi connectivity index (χ1n) is 4.63. The molecule has 0 saturated carbocycles. The fourth-order valence-corrected chi connectivity index (χ4v) is 1.12. The van der Waals surface area contributed by atoms with Gasteiger partial charge in [0.2, 0.25) is 5.91 Å². The highest BCUT2D eigenvalue weighted by atomic mass is 35.5. The van der Waals surface area contributed by atoms with Crippen molar-refractivity contribution in [3.05, 3.63) is 30.1 Å². The van der Waals surface area contributed by atoms with E-state index in [9.17, 15) is 9.18 Å². The first-order valence-corrected chi connectivity index (χ1v) is 4.63. The molecule has 0 bridgehead atoms. The fourth-order valence-electron chi connectivity index (χ4n) is 1.12. The number of hydrogen-bond acceptors (Lipinski definition) is 1. The third kappa shape index (κ3) is 5.37. The molecule has 0 radical (unpaired) electrons. The molecule has 0 unspecified atom stereocenters. The van der Waals surface area contributed by atoms with E-state index in [4.69, 9.17) is 0 Å². The van der Waals surface area contributed by atoms with Crippen LogP contribution in [0.15, 0.2) is 24.3 Å². The standard InChI is InChI=1S/C11H14FNO.ClH/c1-8(2)7-11(14)13-10-5-3-9(12)4-6-10;/h3-6,8H,7H2,1-2H3,(H,13,14);1H. The lowest BCUT2D eigenvalue weighted by molar-refractivity contribution is -0.116. The Morgan fingerprint density at radius 1 is 1.33 bits per heavy atom. The van der Waals surface area contributed by atoms with Gasteiger partial charge in [0.05, 0.1) is 0 Å². The summed E-state index contributed by atoms with van der Waals surface area (Å²) in [6.07, 6.45) is 0.484. The van der Waals surface area contributed by atoms with Crippen molar-refractivity contribution in [1.82, 2.24) is 0 Å². The summed E-state index contributed by atoms with van der Waals surface area (Å²) in [4.78, 5) is 11.3. The van der Waals surface area contributed by atoms with Gasteiger partial charge in [0.15, 0.2) is 0 Å². The van der Waals surface area contributed by atoms with Gasteiger partial charge in [0, 0.05) is 12.1 Å². The maximum absolute atomic E-state index is 12.5. The van der Waals surface area contributed by atoms with E-state index in [0.717, 1.165) is 0 Å². The molecule has 0 atom stereocenters. The number of hydrogen-bond donors (Lipinski definition) is 1. The Kier molecular flexibility index (Phi) is 5.94. The molecular weight excluding hydrogens is 217 g/mol. The molecule has 0 aliphatic carbocycles. The third-order valence-corrected chi connectivity index (χ3v) is 1.72. The summed E-state index contributed by atoms with van der Waals surface area (Å²) in [5.74, 6) is -0.00563. The van der Waals surface area contributed by atoms with E-state index in [-0.39, 0.29) is 24.1 Å². The highest BCUT2D eigenvalue weighted by Crippen LogP contribution is 2.09. The molecule has 4 heteroatoms. The van der Waals surface area contributed by atoms with Crippen molar-refractivity contribution in [2.24, 2.45) is 5.92 Å². The molecule has 1 amide bonds. The van der Waals surface area contributed by atoms with Crippen LogP contribution in [0.4, 0.5) is 10.1 Å². The maximum atomic E-state index is 12.5. The number of carbonyl (C=O) groups is 1. The molecular formula is C11H15ClFNO. The van der Waals surface area contributed by atoms with Gasteiger partial charge >= 0.3 is 0 Å². The third-order valence-electron chi connectivity index (χ3n) is 1.72. The second-order valence-electron chi connectivity index (χ2n) is 3.65. The van der Waals surface area contributed by atoms with Gasteiger partial charge in [-0.05, 0) is 30.2 Å². The molecule has 0 aliphatic rings. The second kappa shape index (κ2) is 6.40. The first-order chi connectivity index (χ1) is 6.58. The van der Waals surface area contributed by atoms with Crippen LogP contribution in [0.5, 0.6) is 0 Å². The molecule has 1 N–H and O–H groups in total. The minimum absolute atomic E-state index is 0. The van der Waals surface area contributed by atoms with E-state index in [1.807, 2.05) is 13.8 Å². The zero-order valence-electron chi connectivity index (χ0n) is 8.79. The Morgan fingerprint density at radius 3 is 2.33 bits per heavy atom. The molecule has 0 aliphatic heterocycles. The van der Waals surface area contributed by atoms with Crippen LogP contribution in [-0.4, -0.2) is 5.91 Å². The number of carbonyl (C=O) groups excluding carboxylic acids is 1. The molecule has 84 valence electrons. The molecule has 0 aromatic heterocycles. The number of amides is 1. The van der Waals surface area contributed by atoms with Gasteiger partial charge in [-0.15, -0.1) is 12.4 Å². The quantitative estimate of drug-likeness (QED) is 0.850. The molecule has 1 rings (SSSR count). The van der Waals surface area contributed by atoms with E-state index in [1.165, 1.54) is 12.1 Å². The Balaban J connectivity index is 0.00000196. The summed E-state index contributed by atoms with van der Waals surface area (Å²) in [5.41, 5.74) is 0.636. The normalized spacial score (nSPS) is 9.60. The smallest absolute Gasteiger partial charge is 0.224 e. The monoisotopic (exact) mass is 231 g/mol. The van der Waals surface area contributed by atoms with Gasteiger partial charge in [-0.1, -0.05) is 13.8 Å². The van der Waals surface area contributed by atoms with Crippen LogP contribution in [0.3, 0.4) is 0 Å². The van der Waals surface area contributed by atoms with Crippen molar-refractivity contribution in [3.8, 4) is 0 Å². The molecule has 0 fully saturated rings. The Hall–Kier alpha value is -1.09. The summed E-state index contributed by atoms with van der Waals surface area (Å²) >= 11 is 0. The molecule has 0 spiro atoms. The van der Waals surface area contributed by atoms with Crippen molar-refractivity contribution in [3.63, 3.8) is 0 Å². The predicted octanol–water partition coefficient (Wildman–Crippen LogP) is 3.23. The summed E-state index contributed by atoms with van der Waals surface area (Å²) < 4.78 is 12.5.